The molecule has 0 radical (unpaired) electrons. The lowest BCUT2D eigenvalue weighted by Gasteiger charge is -2.24. The van der Waals surface area contributed by atoms with Crippen LogP contribution >= 0.6 is 12.6 Å². The van der Waals surface area contributed by atoms with Gasteiger partial charge in [-0.2, -0.15) is 12.6 Å². The number of rotatable bonds is 11. The summed E-state index contributed by atoms with van der Waals surface area (Å²) in [5.41, 5.74) is 0. The van der Waals surface area contributed by atoms with Gasteiger partial charge >= 0.3 is 8.56 Å². The van der Waals surface area contributed by atoms with Crippen LogP contribution in [0.25, 0.3) is 0 Å². The molecule has 4 heteroatoms. The highest BCUT2D eigenvalue weighted by Crippen LogP contribution is 2.21. The number of hydrogen-bond donors (Lipinski definition) is 1. The van der Waals surface area contributed by atoms with Crippen molar-refractivity contribution in [3.05, 3.63) is 0 Å². The van der Waals surface area contributed by atoms with E-state index in [1.54, 1.807) is 14.2 Å². The van der Waals surface area contributed by atoms with Crippen LogP contribution in [0, 0.1) is 0 Å². The molecule has 0 heterocycles. The zero-order valence-corrected chi connectivity index (χ0v) is 13.9. The van der Waals surface area contributed by atoms with Gasteiger partial charge in [-0.1, -0.05) is 39.0 Å². The summed E-state index contributed by atoms with van der Waals surface area (Å²) in [5.74, 6) is 0. The van der Waals surface area contributed by atoms with E-state index in [0.29, 0.717) is 5.25 Å². The first-order valence-electron chi connectivity index (χ1n) is 6.86. The Morgan fingerprint density at radius 2 is 1.59 bits per heavy atom. The molecular weight excluding hydrogens is 248 g/mol. The van der Waals surface area contributed by atoms with Crippen molar-refractivity contribution < 1.29 is 8.85 Å². The summed E-state index contributed by atoms with van der Waals surface area (Å²) in [6, 6.07) is 1.04. The summed E-state index contributed by atoms with van der Waals surface area (Å²) in [4.78, 5) is 0. The number of unbranched alkanes of at least 4 members (excludes halogenated alkanes) is 4. The quantitative estimate of drug-likeness (QED) is 0.343. The van der Waals surface area contributed by atoms with E-state index in [1.807, 2.05) is 0 Å². The molecule has 2 nitrogen and oxygen atoms in total. The van der Waals surface area contributed by atoms with E-state index in [2.05, 4.69) is 26.1 Å². The Kier molecular flexibility index (Phi) is 10.7. The van der Waals surface area contributed by atoms with Gasteiger partial charge in [-0.15, -0.1) is 0 Å². The molecule has 17 heavy (non-hydrogen) atoms. The minimum atomic E-state index is -1.87. The standard InChI is InChI=1S/C13H30O2SSi/c1-5-6-7-8-9-10-13(16)11-12-17(4,14-2)15-3/h13,16H,5-12H2,1-4H3. The molecule has 0 saturated heterocycles. The third-order valence-electron chi connectivity index (χ3n) is 3.44. The maximum absolute atomic E-state index is 5.48. The van der Waals surface area contributed by atoms with Crippen molar-refractivity contribution in [2.24, 2.45) is 0 Å². The largest absolute Gasteiger partial charge is 0.398 e. The van der Waals surface area contributed by atoms with Gasteiger partial charge in [0.15, 0.2) is 0 Å². The average Bonchev–Trinajstić information content (AvgIpc) is 2.35. The Hall–Kier alpha value is 0.487. The number of thiol groups is 1. The Labute approximate surface area is 114 Å². The topological polar surface area (TPSA) is 18.5 Å². The van der Waals surface area contributed by atoms with E-state index in [9.17, 15) is 0 Å². The van der Waals surface area contributed by atoms with E-state index < -0.39 is 8.56 Å². The highest BCUT2D eigenvalue weighted by molar-refractivity contribution is 7.80. The summed E-state index contributed by atoms with van der Waals surface area (Å²) in [7, 11) is 1.65. The summed E-state index contributed by atoms with van der Waals surface area (Å²) in [6.07, 6.45) is 9.07. The van der Waals surface area contributed by atoms with Gasteiger partial charge in [-0.25, -0.2) is 0 Å². The maximum atomic E-state index is 5.48. The minimum absolute atomic E-state index is 0.508. The molecular formula is C13H30O2SSi. The normalized spacial score (nSPS) is 13.9. The van der Waals surface area contributed by atoms with Crippen molar-refractivity contribution in [1.82, 2.24) is 0 Å². The molecule has 0 aliphatic heterocycles. The fourth-order valence-corrected chi connectivity index (χ4v) is 3.85. The molecule has 0 bridgehead atoms. The Balaban J connectivity index is 3.55. The van der Waals surface area contributed by atoms with Gasteiger partial charge in [0.2, 0.25) is 0 Å². The Morgan fingerprint density at radius 1 is 1.00 bits per heavy atom. The van der Waals surface area contributed by atoms with Crippen LogP contribution in [-0.2, 0) is 8.85 Å². The predicted molar refractivity (Wildman–Crippen MR) is 81.2 cm³/mol. The highest BCUT2D eigenvalue weighted by atomic mass is 32.1. The SMILES string of the molecule is CCCCCCCC(S)CC[Si](C)(OC)OC. The molecule has 0 aromatic heterocycles. The molecule has 0 aliphatic carbocycles. The molecule has 0 N–H and O–H groups in total. The second-order valence-corrected chi connectivity index (χ2v) is 9.25. The Morgan fingerprint density at radius 3 is 2.12 bits per heavy atom. The zero-order valence-electron chi connectivity index (χ0n) is 12.0. The molecule has 0 rings (SSSR count). The van der Waals surface area contributed by atoms with Gasteiger partial charge in [0.1, 0.15) is 0 Å². The third-order valence-corrected chi connectivity index (χ3v) is 6.88. The molecule has 1 atom stereocenters. The van der Waals surface area contributed by atoms with E-state index in [4.69, 9.17) is 8.85 Å². The molecule has 0 spiro atoms. The van der Waals surface area contributed by atoms with Gasteiger partial charge in [0.25, 0.3) is 0 Å². The van der Waals surface area contributed by atoms with E-state index in [-0.39, 0.29) is 0 Å². The van der Waals surface area contributed by atoms with Crippen molar-refractivity contribution >= 4 is 21.2 Å². The average molecular weight is 279 g/mol. The molecule has 0 aromatic carbocycles. The molecule has 0 saturated carbocycles. The molecule has 104 valence electrons. The van der Waals surface area contributed by atoms with Crippen molar-refractivity contribution in [1.29, 1.82) is 0 Å². The van der Waals surface area contributed by atoms with Crippen LogP contribution in [0.1, 0.15) is 51.9 Å². The number of hydrogen-bond acceptors (Lipinski definition) is 3. The maximum Gasteiger partial charge on any atom is 0.334 e. The van der Waals surface area contributed by atoms with Crippen LogP contribution < -0.4 is 0 Å². The summed E-state index contributed by atoms with van der Waals surface area (Å²) < 4.78 is 11.0. The van der Waals surface area contributed by atoms with Crippen LogP contribution in [0.3, 0.4) is 0 Å². The molecule has 0 aliphatic rings. The lowest BCUT2D eigenvalue weighted by molar-refractivity contribution is 0.248. The van der Waals surface area contributed by atoms with Crippen LogP contribution in [0.4, 0.5) is 0 Å². The van der Waals surface area contributed by atoms with Crippen LogP contribution in [0.15, 0.2) is 0 Å². The first-order chi connectivity index (χ1) is 8.08. The van der Waals surface area contributed by atoms with Crippen molar-refractivity contribution in [3.8, 4) is 0 Å². The van der Waals surface area contributed by atoms with Crippen LogP contribution in [-0.4, -0.2) is 28.0 Å². The van der Waals surface area contributed by atoms with Crippen LogP contribution in [0.5, 0.6) is 0 Å². The minimum Gasteiger partial charge on any atom is -0.398 e. The van der Waals surface area contributed by atoms with Gasteiger partial charge in [-0.05, 0) is 25.4 Å². The van der Waals surface area contributed by atoms with Gasteiger partial charge < -0.3 is 8.85 Å². The first-order valence-corrected chi connectivity index (χ1v) is 9.90. The summed E-state index contributed by atoms with van der Waals surface area (Å²) >= 11 is 4.66. The fraction of sp³-hybridized carbons (Fsp3) is 1.00. The predicted octanol–water partition coefficient (Wildman–Crippen LogP) is 4.40. The lowest BCUT2D eigenvalue weighted by Crippen LogP contribution is -2.36. The zero-order chi connectivity index (χ0) is 13.1. The molecule has 1 unspecified atom stereocenters. The Bertz CT molecular complexity index is 175. The van der Waals surface area contributed by atoms with Crippen molar-refractivity contribution in [2.45, 2.75) is 69.7 Å². The van der Waals surface area contributed by atoms with E-state index in [1.165, 1.54) is 38.5 Å². The smallest absolute Gasteiger partial charge is 0.334 e. The van der Waals surface area contributed by atoms with E-state index >= 15 is 0 Å². The molecule has 0 amide bonds. The molecule has 0 fully saturated rings. The van der Waals surface area contributed by atoms with Crippen LogP contribution in [0.2, 0.25) is 12.6 Å². The molecule has 0 aromatic rings. The second kappa shape index (κ2) is 10.4. The summed E-state index contributed by atoms with van der Waals surface area (Å²) in [6.45, 7) is 4.37. The third kappa shape index (κ3) is 9.11. The van der Waals surface area contributed by atoms with Gasteiger partial charge in [-0.3, -0.25) is 0 Å². The van der Waals surface area contributed by atoms with Crippen molar-refractivity contribution in [2.75, 3.05) is 14.2 Å². The van der Waals surface area contributed by atoms with Gasteiger partial charge in [0.05, 0.1) is 0 Å². The summed E-state index contributed by atoms with van der Waals surface area (Å²) in [5, 5.41) is 0.508. The first kappa shape index (κ1) is 17.5. The van der Waals surface area contributed by atoms with Crippen molar-refractivity contribution in [3.63, 3.8) is 0 Å². The highest BCUT2D eigenvalue weighted by Gasteiger charge is 2.28. The second-order valence-electron chi connectivity index (χ2n) is 4.94. The van der Waals surface area contributed by atoms with E-state index in [0.717, 1.165) is 12.5 Å². The monoisotopic (exact) mass is 278 g/mol. The lowest BCUT2D eigenvalue weighted by atomic mass is 10.1. The van der Waals surface area contributed by atoms with Gasteiger partial charge in [0, 0.05) is 19.5 Å². The fourth-order valence-electron chi connectivity index (χ4n) is 1.84.